The lowest BCUT2D eigenvalue weighted by Crippen LogP contribution is -2.58. The minimum Gasteiger partial charge on any atom is -0.388 e. The van der Waals surface area contributed by atoms with E-state index in [4.69, 9.17) is 0 Å². The van der Waals surface area contributed by atoms with Gasteiger partial charge in [-0.1, -0.05) is 66.2 Å². The van der Waals surface area contributed by atoms with E-state index >= 15 is 0 Å². The summed E-state index contributed by atoms with van der Waals surface area (Å²) in [4.78, 5) is 28.0. The Morgan fingerprint density at radius 3 is 2.38 bits per heavy atom. The number of amides is 1. The van der Waals surface area contributed by atoms with E-state index in [2.05, 4.69) is 27.7 Å². The van der Waals surface area contributed by atoms with Crippen LogP contribution < -0.4 is 0 Å². The molecule has 4 aliphatic rings. The second-order valence-corrected chi connectivity index (χ2v) is 14.2. The highest BCUT2D eigenvalue weighted by Crippen LogP contribution is 2.66. The van der Waals surface area contributed by atoms with Crippen LogP contribution in [0.2, 0.25) is 0 Å². The summed E-state index contributed by atoms with van der Waals surface area (Å²) in [5.41, 5.74) is -0.526. The molecule has 0 aromatic carbocycles. The number of carbonyl (C=O) groups excluding carboxylic acids is 2. The Bertz CT molecular complexity index is 796. The number of Topliss-reactive ketones (excluding diaryl/α,β-unsaturated/α-hetero) is 1. The van der Waals surface area contributed by atoms with Crippen LogP contribution in [0, 0.1) is 34.5 Å². The molecule has 4 rings (SSSR count). The second kappa shape index (κ2) is 12.1. The molecular weight excluding hydrogens is 458 g/mol. The topological polar surface area (TPSA) is 57.6 Å². The zero-order chi connectivity index (χ0) is 26.7. The SMILES string of the molecule is CCCCCCCCN(C[C@@]1(O)CC[C@@]2(C)C(CC[C@@H]3[C@@H]2CC[C@]2(C)C(=O)CC[C@@H]32)C1)C(=O)CCCC. The second-order valence-electron chi connectivity index (χ2n) is 14.2. The van der Waals surface area contributed by atoms with Crippen LogP contribution in [0.15, 0.2) is 0 Å². The quantitative estimate of drug-likeness (QED) is 0.271. The molecule has 1 N–H and O–H groups in total. The molecule has 0 saturated heterocycles. The first kappa shape index (κ1) is 29.1. The lowest BCUT2D eigenvalue weighted by atomic mass is 9.44. The fraction of sp³-hybridized carbons (Fsp3) is 0.939. The standard InChI is InChI=1S/C33H57NO3/c1-5-7-9-10-11-12-22-34(30(36)13-8-6-2)24-33(37)21-20-31(3)25(23-33)14-15-26-27-16-17-29(35)32(27,4)19-18-28(26)31/h25-28,37H,5-24H2,1-4H3/t25?,26-,27-,28-,31-,32-,33+/m0/s1. The van der Waals surface area contributed by atoms with Gasteiger partial charge in [0.05, 0.1) is 5.60 Å². The van der Waals surface area contributed by atoms with Crippen molar-refractivity contribution in [3.63, 3.8) is 0 Å². The Labute approximate surface area is 227 Å². The predicted octanol–water partition coefficient (Wildman–Crippen LogP) is 7.71. The third kappa shape index (κ3) is 5.99. The number of unbranched alkanes of at least 4 members (excludes halogenated alkanes) is 6. The van der Waals surface area contributed by atoms with Gasteiger partial charge in [-0.2, -0.15) is 0 Å². The molecule has 0 heterocycles. The van der Waals surface area contributed by atoms with Gasteiger partial charge >= 0.3 is 0 Å². The molecule has 4 nitrogen and oxygen atoms in total. The van der Waals surface area contributed by atoms with E-state index in [0.717, 1.165) is 64.3 Å². The van der Waals surface area contributed by atoms with Crippen LogP contribution in [0.25, 0.3) is 0 Å². The minimum absolute atomic E-state index is 0.0599. The van der Waals surface area contributed by atoms with Gasteiger partial charge in [0.1, 0.15) is 5.78 Å². The summed E-state index contributed by atoms with van der Waals surface area (Å²) in [5, 5.41) is 11.9. The van der Waals surface area contributed by atoms with Gasteiger partial charge in [0.25, 0.3) is 0 Å². The third-order valence-electron chi connectivity index (χ3n) is 11.9. The van der Waals surface area contributed by atoms with Crippen molar-refractivity contribution in [1.29, 1.82) is 0 Å². The van der Waals surface area contributed by atoms with E-state index in [1.165, 1.54) is 51.4 Å². The Hall–Kier alpha value is -0.900. The minimum atomic E-state index is -0.742. The zero-order valence-electron chi connectivity index (χ0n) is 24.7. The summed E-state index contributed by atoms with van der Waals surface area (Å²) in [6, 6.07) is 0. The van der Waals surface area contributed by atoms with Crippen molar-refractivity contribution >= 4 is 11.7 Å². The van der Waals surface area contributed by atoms with Crippen LogP contribution in [0.4, 0.5) is 0 Å². The number of fused-ring (bicyclic) bond motifs is 5. The lowest BCUT2D eigenvalue weighted by molar-refractivity contribution is -0.161. The highest BCUT2D eigenvalue weighted by Gasteiger charge is 2.61. The molecule has 212 valence electrons. The van der Waals surface area contributed by atoms with Crippen LogP contribution in [0.5, 0.6) is 0 Å². The summed E-state index contributed by atoms with van der Waals surface area (Å²) < 4.78 is 0. The molecule has 0 radical (unpaired) electrons. The summed E-state index contributed by atoms with van der Waals surface area (Å²) in [5.74, 6) is 3.29. The highest BCUT2D eigenvalue weighted by atomic mass is 16.3. The first-order valence-electron chi connectivity index (χ1n) is 16.2. The number of ketones is 1. The van der Waals surface area contributed by atoms with E-state index in [9.17, 15) is 14.7 Å². The van der Waals surface area contributed by atoms with Gasteiger partial charge in [-0.15, -0.1) is 0 Å². The molecule has 4 fully saturated rings. The van der Waals surface area contributed by atoms with Crippen molar-refractivity contribution in [2.24, 2.45) is 34.5 Å². The van der Waals surface area contributed by atoms with Gasteiger partial charge in [0, 0.05) is 31.3 Å². The molecule has 4 saturated carbocycles. The molecule has 7 atom stereocenters. The Kier molecular flexibility index (Phi) is 9.51. The summed E-state index contributed by atoms with van der Waals surface area (Å²) in [6.45, 7) is 10.5. The monoisotopic (exact) mass is 515 g/mol. The Balaban J connectivity index is 1.39. The van der Waals surface area contributed by atoms with E-state index in [0.29, 0.717) is 42.4 Å². The van der Waals surface area contributed by atoms with E-state index in [1.54, 1.807) is 0 Å². The van der Waals surface area contributed by atoms with Crippen molar-refractivity contribution in [2.45, 2.75) is 149 Å². The van der Waals surface area contributed by atoms with Crippen molar-refractivity contribution in [1.82, 2.24) is 4.90 Å². The first-order valence-corrected chi connectivity index (χ1v) is 16.2. The molecule has 1 unspecified atom stereocenters. The van der Waals surface area contributed by atoms with Crippen LogP contribution in [0.3, 0.4) is 0 Å². The number of rotatable bonds is 12. The fourth-order valence-corrected chi connectivity index (χ4v) is 9.45. The molecule has 1 amide bonds. The number of nitrogens with zero attached hydrogens (tertiary/aromatic N) is 1. The van der Waals surface area contributed by atoms with Crippen LogP contribution >= 0.6 is 0 Å². The normalized spacial score (nSPS) is 39.1. The molecular formula is C33H57NO3. The maximum Gasteiger partial charge on any atom is 0.222 e. The van der Waals surface area contributed by atoms with Gasteiger partial charge in [-0.05, 0) is 93.3 Å². The predicted molar refractivity (Wildman–Crippen MR) is 151 cm³/mol. The number of hydrogen-bond donors (Lipinski definition) is 1. The van der Waals surface area contributed by atoms with Gasteiger partial charge in [-0.3, -0.25) is 9.59 Å². The molecule has 4 heteroatoms. The van der Waals surface area contributed by atoms with Crippen molar-refractivity contribution in [3.8, 4) is 0 Å². The molecule has 0 spiro atoms. The average molecular weight is 516 g/mol. The molecule has 0 aliphatic heterocycles. The largest absolute Gasteiger partial charge is 0.388 e. The van der Waals surface area contributed by atoms with Crippen molar-refractivity contribution < 1.29 is 14.7 Å². The zero-order valence-corrected chi connectivity index (χ0v) is 24.7. The van der Waals surface area contributed by atoms with Gasteiger partial charge < -0.3 is 10.0 Å². The Morgan fingerprint density at radius 2 is 1.62 bits per heavy atom. The maximum atomic E-state index is 13.2. The molecule has 37 heavy (non-hydrogen) atoms. The summed E-state index contributed by atoms with van der Waals surface area (Å²) in [7, 11) is 0. The summed E-state index contributed by atoms with van der Waals surface area (Å²) >= 11 is 0. The number of hydrogen-bond acceptors (Lipinski definition) is 3. The van der Waals surface area contributed by atoms with Crippen LogP contribution in [-0.2, 0) is 9.59 Å². The fourth-order valence-electron chi connectivity index (χ4n) is 9.45. The van der Waals surface area contributed by atoms with E-state index < -0.39 is 5.60 Å². The average Bonchev–Trinajstić information content (AvgIpc) is 3.18. The van der Waals surface area contributed by atoms with Crippen molar-refractivity contribution in [2.75, 3.05) is 13.1 Å². The Morgan fingerprint density at radius 1 is 0.892 bits per heavy atom. The van der Waals surface area contributed by atoms with Crippen LogP contribution in [-0.4, -0.2) is 40.4 Å². The molecule has 4 aliphatic carbocycles. The number of carbonyl (C=O) groups is 2. The van der Waals surface area contributed by atoms with E-state index in [1.807, 2.05) is 4.90 Å². The molecule has 0 aromatic heterocycles. The number of aliphatic hydroxyl groups is 1. The third-order valence-corrected chi connectivity index (χ3v) is 11.9. The lowest BCUT2D eigenvalue weighted by Gasteiger charge is -2.61. The maximum absolute atomic E-state index is 13.2. The van der Waals surface area contributed by atoms with Crippen molar-refractivity contribution in [3.05, 3.63) is 0 Å². The van der Waals surface area contributed by atoms with Crippen LogP contribution in [0.1, 0.15) is 143 Å². The smallest absolute Gasteiger partial charge is 0.222 e. The highest BCUT2D eigenvalue weighted by molar-refractivity contribution is 5.87. The summed E-state index contributed by atoms with van der Waals surface area (Å²) in [6.07, 6.45) is 19.3. The van der Waals surface area contributed by atoms with Gasteiger partial charge in [0.2, 0.25) is 5.91 Å². The van der Waals surface area contributed by atoms with Gasteiger partial charge in [0.15, 0.2) is 0 Å². The first-order chi connectivity index (χ1) is 17.7. The molecule has 0 aromatic rings. The van der Waals surface area contributed by atoms with Gasteiger partial charge in [-0.25, -0.2) is 0 Å². The molecule has 0 bridgehead atoms. The van der Waals surface area contributed by atoms with E-state index in [-0.39, 0.29) is 16.7 Å².